The summed E-state index contributed by atoms with van der Waals surface area (Å²) in [5, 5.41) is 28.6. The molecular formula is C11H16O5. The molecule has 2 atom stereocenters. The molecule has 0 spiro atoms. The Kier molecular flexibility index (Phi) is 3.98. The Bertz CT molecular complexity index is 336. The minimum absolute atomic E-state index is 0.133. The normalized spacial score (nSPS) is 14.3. The number of phenols is 1. The van der Waals surface area contributed by atoms with Crippen molar-refractivity contribution in [1.29, 1.82) is 0 Å². The molecule has 0 aliphatic rings. The monoisotopic (exact) mass is 228 g/mol. The average Bonchev–Trinajstić information content (AvgIpc) is 2.28. The minimum Gasteiger partial charge on any atom is -0.502 e. The van der Waals surface area contributed by atoms with E-state index in [0.29, 0.717) is 5.56 Å². The number of benzene rings is 1. The van der Waals surface area contributed by atoms with Crippen molar-refractivity contribution in [3.8, 4) is 17.2 Å². The van der Waals surface area contributed by atoms with Crippen LogP contribution in [0.2, 0.25) is 0 Å². The van der Waals surface area contributed by atoms with E-state index in [9.17, 15) is 15.3 Å². The van der Waals surface area contributed by atoms with Crippen LogP contribution in [0.25, 0.3) is 0 Å². The Morgan fingerprint density at radius 1 is 1.06 bits per heavy atom. The molecule has 0 aromatic heterocycles. The van der Waals surface area contributed by atoms with Gasteiger partial charge in [0, 0.05) is 0 Å². The molecule has 3 N–H and O–H groups in total. The van der Waals surface area contributed by atoms with Gasteiger partial charge in [-0.25, -0.2) is 0 Å². The highest BCUT2D eigenvalue weighted by molar-refractivity contribution is 5.53. The molecule has 0 amide bonds. The Hall–Kier alpha value is -1.46. The van der Waals surface area contributed by atoms with E-state index in [2.05, 4.69) is 0 Å². The van der Waals surface area contributed by atoms with Crippen molar-refractivity contribution in [1.82, 2.24) is 0 Å². The molecule has 0 heterocycles. The van der Waals surface area contributed by atoms with E-state index in [4.69, 9.17) is 9.47 Å². The number of aliphatic hydroxyl groups excluding tert-OH is 2. The Morgan fingerprint density at radius 2 is 1.50 bits per heavy atom. The quantitative estimate of drug-likeness (QED) is 0.711. The number of hydrogen-bond acceptors (Lipinski definition) is 5. The highest BCUT2D eigenvalue weighted by Crippen LogP contribution is 2.39. The van der Waals surface area contributed by atoms with Gasteiger partial charge in [-0.1, -0.05) is 0 Å². The van der Waals surface area contributed by atoms with Gasteiger partial charge in [0.15, 0.2) is 11.5 Å². The van der Waals surface area contributed by atoms with Gasteiger partial charge in [-0.05, 0) is 24.6 Å². The molecule has 1 aromatic carbocycles. The predicted octanol–water partition coefficient (Wildman–Crippen LogP) is 0.824. The van der Waals surface area contributed by atoms with Gasteiger partial charge in [0.2, 0.25) is 5.75 Å². The van der Waals surface area contributed by atoms with Gasteiger partial charge < -0.3 is 24.8 Å². The molecule has 0 fully saturated rings. The Morgan fingerprint density at radius 3 is 1.81 bits per heavy atom. The first-order valence-electron chi connectivity index (χ1n) is 4.82. The summed E-state index contributed by atoms with van der Waals surface area (Å²) in [6.07, 6.45) is -1.97. The summed E-state index contributed by atoms with van der Waals surface area (Å²) in [5.41, 5.74) is 0.418. The molecular weight excluding hydrogens is 212 g/mol. The third-order valence-electron chi connectivity index (χ3n) is 2.30. The summed E-state index contributed by atoms with van der Waals surface area (Å²) in [4.78, 5) is 0. The lowest BCUT2D eigenvalue weighted by Gasteiger charge is -2.17. The van der Waals surface area contributed by atoms with Gasteiger partial charge in [-0.2, -0.15) is 0 Å². The maximum atomic E-state index is 9.69. The van der Waals surface area contributed by atoms with Crippen LogP contribution in [-0.4, -0.2) is 35.6 Å². The van der Waals surface area contributed by atoms with Crippen LogP contribution in [0.15, 0.2) is 12.1 Å². The van der Waals surface area contributed by atoms with Crippen LogP contribution in [0.1, 0.15) is 18.6 Å². The Balaban J connectivity index is 3.21. The van der Waals surface area contributed by atoms with Gasteiger partial charge in [-0.15, -0.1) is 0 Å². The van der Waals surface area contributed by atoms with E-state index in [1.165, 1.54) is 33.3 Å². The zero-order valence-corrected chi connectivity index (χ0v) is 9.47. The van der Waals surface area contributed by atoms with Crippen molar-refractivity contribution in [2.45, 2.75) is 19.1 Å². The third-order valence-corrected chi connectivity index (χ3v) is 2.30. The van der Waals surface area contributed by atoms with Crippen molar-refractivity contribution in [2.75, 3.05) is 14.2 Å². The van der Waals surface area contributed by atoms with Gasteiger partial charge >= 0.3 is 0 Å². The van der Waals surface area contributed by atoms with Crippen LogP contribution < -0.4 is 9.47 Å². The largest absolute Gasteiger partial charge is 0.502 e. The van der Waals surface area contributed by atoms with Crippen molar-refractivity contribution >= 4 is 0 Å². The van der Waals surface area contributed by atoms with E-state index in [1.807, 2.05) is 0 Å². The Labute approximate surface area is 93.9 Å². The fraction of sp³-hybridized carbons (Fsp3) is 0.455. The van der Waals surface area contributed by atoms with E-state index in [0.717, 1.165) is 0 Å². The van der Waals surface area contributed by atoms with Crippen LogP contribution in [0.4, 0.5) is 0 Å². The highest BCUT2D eigenvalue weighted by atomic mass is 16.5. The lowest BCUT2D eigenvalue weighted by atomic mass is 10.0. The summed E-state index contributed by atoms with van der Waals surface area (Å²) < 4.78 is 9.87. The molecule has 0 bridgehead atoms. The standard InChI is InChI=1S/C11H16O5/c1-6(12)10(13)7-4-8(15-2)11(14)9(5-7)16-3/h4-6,10,12-14H,1-3H3/t6-,10+/m1/s1. The predicted molar refractivity (Wildman–Crippen MR) is 57.9 cm³/mol. The van der Waals surface area contributed by atoms with E-state index < -0.39 is 12.2 Å². The van der Waals surface area contributed by atoms with Gasteiger partial charge in [0.25, 0.3) is 0 Å². The van der Waals surface area contributed by atoms with E-state index in [-0.39, 0.29) is 17.2 Å². The lowest BCUT2D eigenvalue weighted by Crippen LogP contribution is -2.13. The lowest BCUT2D eigenvalue weighted by molar-refractivity contribution is 0.0302. The molecule has 0 radical (unpaired) electrons. The summed E-state index contributed by atoms with van der Waals surface area (Å²) in [5.74, 6) is 0.245. The van der Waals surface area contributed by atoms with E-state index >= 15 is 0 Å². The fourth-order valence-electron chi connectivity index (χ4n) is 1.36. The second-order valence-electron chi connectivity index (χ2n) is 3.46. The number of rotatable bonds is 4. The summed E-state index contributed by atoms with van der Waals surface area (Å²) in [6, 6.07) is 2.91. The number of ether oxygens (including phenoxy) is 2. The molecule has 0 aliphatic heterocycles. The van der Waals surface area contributed by atoms with E-state index in [1.54, 1.807) is 0 Å². The molecule has 0 unspecified atom stereocenters. The third kappa shape index (κ3) is 2.37. The van der Waals surface area contributed by atoms with Crippen LogP contribution in [-0.2, 0) is 0 Å². The molecule has 1 rings (SSSR count). The molecule has 0 saturated carbocycles. The summed E-state index contributed by atoms with van der Waals surface area (Å²) in [7, 11) is 2.79. The molecule has 5 nitrogen and oxygen atoms in total. The summed E-state index contributed by atoms with van der Waals surface area (Å²) in [6.45, 7) is 1.47. The first-order chi connectivity index (χ1) is 7.51. The van der Waals surface area contributed by atoms with Crippen molar-refractivity contribution < 1.29 is 24.8 Å². The van der Waals surface area contributed by atoms with Crippen LogP contribution in [0.5, 0.6) is 17.2 Å². The molecule has 5 heteroatoms. The first-order valence-corrected chi connectivity index (χ1v) is 4.82. The second kappa shape index (κ2) is 5.05. The fourth-order valence-corrected chi connectivity index (χ4v) is 1.36. The topological polar surface area (TPSA) is 79.2 Å². The number of methoxy groups -OCH3 is 2. The minimum atomic E-state index is -1.05. The smallest absolute Gasteiger partial charge is 0.200 e. The second-order valence-corrected chi connectivity index (χ2v) is 3.46. The summed E-state index contributed by atoms with van der Waals surface area (Å²) >= 11 is 0. The number of phenolic OH excluding ortho intramolecular Hbond substituents is 1. The van der Waals surface area contributed by atoms with Gasteiger partial charge in [-0.3, -0.25) is 0 Å². The molecule has 0 saturated heterocycles. The maximum Gasteiger partial charge on any atom is 0.200 e. The zero-order valence-electron chi connectivity index (χ0n) is 9.47. The maximum absolute atomic E-state index is 9.69. The first kappa shape index (κ1) is 12.6. The average molecular weight is 228 g/mol. The molecule has 1 aromatic rings. The number of hydrogen-bond donors (Lipinski definition) is 3. The SMILES string of the molecule is COc1cc([C@@H](O)[C@@H](C)O)cc(OC)c1O. The van der Waals surface area contributed by atoms with Crippen LogP contribution in [0.3, 0.4) is 0 Å². The van der Waals surface area contributed by atoms with Crippen LogP contribution in [0, 0.1) is 0 Å². The highest BCUT2D eigenvalue weighted by Gasteiger charge is 2.19. The number of aliphatic hydroxyl groups is 2. The van der Waals surface area contributed by atoms with Crippen LogP contribution >= 0.6 is 0 Å². The van der Waals surface area contributed by atoms with Crippen molar-refractivity contribution in [2.24, 2.45) is 0 Å². The number of aromatic hydroxyl groups is 1. The molecule has 90 valence electrons. The van der Waals surface area contributed by atoms with Crippen molar-refractivity contribution in [3.05, 3.63) is 17.7 Å². The molecule has 16 heavy (non-hydrogen) atoms. The van der Waals surface area contributed by atoms with Gasteiger partial charge in [0.1, 0.15) is 6.10 Å². The zero-order chi connectivity index (χ0) is 12.3. The molecule has 0 aliphatic carbocycles. The van der Waals surface area contributed by atoms with Crippen molar-refractivity contribution in [3.63, 3.8) is 0 Å². The van der Waals surface area contributed by atoms with Gasteiger partial charge in [0.05, 0.1) is 20.3 Å².